The molecule has 0 radical (unpaired) electrons. The molecule has 1 aromatic heterocycles. The molecule has 0 amide bonds. The second-order valence-corrected chi connectivity index (χ2v) is 6.52. The van der Waals surface area contributed by atoms with Crippen LogP contribution in [0.4, 0.5) is 0 Å². The first-order valence-corrected chi connectivity index (χ1v) is 8.57. The first kappa shape index (κ1) is 14.8. The third kappa shape index (κ3) is 3.91. The van der Waals surface area contributed by atoms with E-state index in [4.69, 9.17) is 0 Å². The van der Waals surface area contributed by atoms with Crippen LogP contribution >= 0.6 is 27.3 Å². The van der Waals surface area contributed by atoms with E-state index in [1.165, 1.54) is 10.4 Å². The average Bonchev–Trinajstić information content (AvgIpc) is 2.98. The maximum absolute atomic E-state index is 3.65. The maximum Gasteiger partial charge on any atom is 0.0410 e. The molecule has 2 rings (SSSR count). The number of hydrogen-bond donors (Lipinski definition) is 0. The molecule has 0 N–H and O–H groups in total. The summed E-state index contributed by atoms with van der Waals surface area (Å²) in [4.78, 5) is 3.87. The molecule has 0 bridgehead atoms. The average molecular weight is 338 g/mol. The molecule has 0 spiro atoms. The predicted molar refractivity (Wildman–Crippen MR) is 88.3 cm³/mol. The summed E-state index contributed by atoms with van der Waals surface area (Å²) in [5, 5.41) is 3.15. The quantitative estimate of drug-likeness (QED) is 0.676. The van der Waals surface area contributed by atoms with Gasteiger partial charge in [0.1, 0.15) is 0 Å². The van der Waals surface area contributed by atoms with Crippen molar-refractivity contribution in [2.45, 2.75) is 18.9 Å². The number of thiophene rings is 1. The van der Waals surface area contributed by atoms with Gasteiger partial charge in [-0.2, -0.15) is 0 Å². The zero-order chi connectivity index (χ0) is 13.7. The SMILES string of the molecule is CC(c1cccs1)N(C)CC(CBr)c1ccccc1. The fraction of sp³-hybridized carbons (Fsp3) is 0.375. The molecule has 3 heteroatoms. The Kier molecular flexibility index (Phi) is 5.61. The molecular weight excluding hydrogens is 318 g/mol. The van der Waals surface area contributed by atoms with Gasteiger partial charge in [0.25, 0.3) is 0 Å². The third-order valence-electron chi connectivity index (χ3n) is 3.58. The third-order valence-corrected chi connectivity index (χ3v) is 5.41. The fourth-order valence-corrected chi connectivity index (χ4v) is 3.65. The molecule has 1 nitrogen and oxygen atoms in total. The highest BCUT2D eigenvalue weighted by Crippen LogP contribution is 2.27. The van der Waals surface area contributed by atoms with Crippen molar-refractivity contribution in [2.24, 2.45) is 0 Å². The van der Waals surface area contributed by atoms with Gasteiger partial charge in [0.15, 0.2) is 0 Å². The lowest BCUT2D eigenvalue weighted by Gasteiger charge is -2.28. The molecule has 2 unspecified atom stereocenters. The second kappa shape index (κ2) is 7.22. The summed E-state index contributed by atoms with van der Waals surface area (Å²) in [7, 11) is 2.21. The first-order chi connectivity index (χ1) is 9.22. The van der Waals surface area contributed by atoms with Crippen molar-refractivity contribution in [1.82, 2.24) is 4.90 Å². The number of benzene rings is 1. The Morgan fingerprint density at radius 2 is 1.89 bits per heavy atom. The number of rotatable bonds is 6. The monoisotopic (exact) mass is 337 g/mol. The van der Waals surface area contributed by atoms with Crippen molar-refractivity contribution < 1.29 is 0 Å². The Labute approximate surface area is 128 Å². The van der Waals surface area contributed by atoms with E-state index < -0.39 is 0 Å². The molecule has 2 aromatic rings. The molecule has 1 aromatic carbocycles. The van der Waals surface area contributed by atoms with Crippen LogP contribution in [0.3, 0.4) is 0 Å². The van der Waals surface area contributed by atoms with Gasteiger partial charge in [0.2, 0.25) is 0 Å². The van der Waals surface area contributed by atoms with Gasteiger partial charge in [0, 0.05) is 28.7 Å². The number of hydrogen-bond acceptors (Lipinski definition) is 2. The lowest BCUT2D eigenvalue weighted by molar-refractivity contribution is 0.253. The van der Waals surface area contributed by atoms with Gasteiger partial charge in [-0.25, -0.2) is 0 Å². The Hall–Kier alpha value is -0.640. The highest BCUT2D eigenvalue weighted by atomic mass is 79.9. The molecule has 0 saturated heterocycles. The Morgan fingerprint density at radius 3 is 2.47 bits per heavy atom. The molecule has 0 saturated carbocycles. The topological polar surface area (TPSA) is 3.24 Å². The van der Waals surface area contributed by atoms with E-state index in [0.29, 0.717) is 12.0 Å². The van der Waals surface area contributed by atoms with Crippen LogP contribution in [0.5, 0.6) is 0 Å². The van der Waals surface area contributed by atoms with Crippen LogP contribution in [-0.2, 0) is 0 Å². The zero-order valence-corrected chi connectivity index (χ0v) is 13.8. The lowest BCUT2D eigenvalue weighted by atomic mass is 10.0. The van der Waals surface area contributed by atoms with Crippen molar-refractivity contribution in [3.8, 4) is 0 Å². The molecule has 102 valence electrons. The van der Waals surface area contributed by atoms with Gasteiger partial charge in [-0.1, -0.05) is 52.3 Å². The molecule has 2 atom stereocenters. The van der Waals surface area contributed by atoms with E-state index in [1.54, 1.807) is 0 Å². The van der Waals surface area contributed by atoms with Gasteiger partial charge < -0.3 is 0 Å². The standard InChI is InChI=1S/C16H20BrNS/c1-13(16-9-6-10-19-16)18(2)12-15(11-17)14-7-4-3-5-8-14/h3-10,13,15H,11-12H2,1-2H3. The summed E-state index contributed by atoms with van der Waals surface area (Å²) < 4.78 is 0. The number of alkyl halides is 1. The predicted octanol–water partition coefficient (Wildman–Crippen LogP) is 4.92. The normalized spacial score (nSPS) is 14.5. The van der Waals surface area contributed by atoms with Gasteiger partial charge in [-0.3, -0.25) is 4.90 Å². The maximum atomic E-state index is 3.65. The number of halogens is 1. The van der Waals surface area contributed by atoms with Crippen LogP contribution < -0.4 is 0 Å². The number of likely N-dealkylation sites (N-methyl/N-ethyl adjacent to an activating group) is 1. The Morgan fingerprint density at radius 1 is 1.16 bits per heavy atom. The minimum atomic E-state index is 0.477. The van der Waals surface area contributed by atoms with Gasteiger partial charge in [-0.05, 0) is 31.0 Å². The molecule has 0 aliphatic rings. The fourth-order valence-electron chi connectivity index (χ4n) is 2.22. The highest BCUT2D eigenvalue weighted by molar-refractivity contribution is 9.09. The van der Waals surface area contributed by atoms with Gasteiger partial charge in [-0.15, -0.1) is 11.3 Å². The first-order valence-electron chi connectivity index (χ1n) is 6.57. The van der Waals surface area contributed by atoms with E-state index in [0.717, 1.165) is 11.9 Å². The summed E-state index contributed by atoms with van der Waals surface area (Å²) in [6.07, 6.45) is 0. The van der Waals surface area contributed by atoms with Crippen molar-refractivity contribution >= 4 is 27.3 Å². The van der Waals surface area contributed by atoms with Gasteiger partial charge in [0.05, 0.1) is 0 Å². The van der Waals surface area contributed by atoms with Crippen molar-refractivity contribution in [1.29, 1.82) is 0 Å². The van der Waals surface area contributed by atoms with Gasteiger partial charge >= 0.3 is 0 Å². The molecule has 1 heterocycles. The van der Waals surface area contributed by atoms with E-state index in [9.17, 15) is 0 Å². The van der Waals surface area contributed by atoms with E-state index in [1.807, 2.05) is 11.3 Å². The molecule has 19 heavy (non-hydrogen) atoms. The number of nitrogens with zero attached hydrogens (tertiary/aromatic N) is 1. The second-order valence-electron chi connectivity index (χ2n) is 4.89. The van der Waals surface area contributed by atoms with Crippen LogP contribution in [0.25, 0.3) is 0 Å². The lowest BCUT2D eigenvalue weighted by Crippen LogP contribution is -2.27. The molecule has 0 aliphatic heterocycles. The minimum absolute atomic E-state index is 0.477. The summed E-state index contributed by atoms with van der Waals surface area (Å²) in [5.41, 5.74) is 1.41. The van der Waals surface area contributed by atoms with Crippen LogP contribution in [0, 0.1) is 0 Å². The summed E-state index contributed by atoms with van der Waals surface area (Å²) in [6.45, 7) is 3.34. The zero-order valence-electron chi connectivity index (χ0n) is 11.4. The van der Waals surface area contributed by atoms with E-state index >= 15 is 0 Å². The molecular formula is C16H20BrNS. The molecule has 0 aliphatic carbocycles. The molecule has 0 fully saturated rings. The smallest absolute Gasteiger partial charge is 0.0410 e. The Balaban J connectivity index is 2.02. The van der Waals surface area contributed by atoms with E-state index in [2.05, 4.69) is 82.6 Å². The Bertz CT molecular complexity index is 469. The van der Waals surface area contributed by atoms with Crippen molar-refractivity contribution in [3.63, 3.8) is 0 Å². The summed E-state index contributed by atoms with van der Waals surface area (Å²) in [6, 6.07) is 15.6. The van der Waals surface area contributed by atoms with Crippen LogP contribution in [0.15, 0.2) is 47.8 Å². The summed E-state index contributed by atoms with van der Waals surface area (Å²) >= 11 is 5.49. The largest absolute Gasteiger partial charge is 0.298 e. The van der Waals surface area contributed by atoms with Crippen LogP contribution in [-0.4, -0.2) is 23.8 Å². The van der Waals surface area contributed by atoms with Crippen molar-refractivity contribution in [2.75, 3.05) is 18.9 Å². The van der Waals surface area contributed by atoms with Crippen molar-refractivity contribution in [3.05, 3.63) is 58.3 Å². The summed E-state index contributed by atoms with van der Waals surface area (Å²) in [5.74, 6) is 0.536. The highest BCUT2D eigenvalue weighted by Gasteiger charge is 2.18. The van der Waals surface area contributed by atoms with E-state index in [-0.39, 0.29) is 0 Å². The van der Waals surface area contributed by atoms with Crippen LogP contribution in [0.1, 0.15) is 29.3 Å². The van der Waals surface area contributed by atoms with Crippen LogP contribution in [0.2, 0.25) is 0 Å². The minimum Gasteiger partial charge on any atom is -0.298 e.